The van der Waals surface area contributed by atoms with Crippen molar-refractivity contribution in [3.05, 3.63) is 55.4 Å². The summed E-state index contributed by atoms with van der Waals surface area (Å²) < 4.78 is 21.6. The third kappa shape index (κ3) is 2.63. The molecule has 0 fully saturated rings. The summed E-state index contributed by atoms with van der Waals surface area (Å²) in [6.07, 6.45) is 6.19. The highest BCUT2D eigenvalue weighted by Gasteiger charge is 2.12. The highest BCUT2D eigenvalue weighted by atomic mass is 16.5. The van der Waals surface area contributed by atoms with Crippen LogP contribution in [0.25, 0.3) is 22.8 Å². The molecule has 0 saturated carbocycles. The molecule has 7 nitrogen and oxygen atoms in total. The predicted molar refractivity (Wildman–Crippen MR) is 86.0 cm³/mol. The fraction of sp³-hybridized carbons (Fsp3) is 0.0588. The highest BCUT2D eigenvalue weighted by molar-refractivity contribution is 5.70. The molecule has 0 unspecified atom stereocenters. The normalized spacial score (nSPS) is 10.7. The van der Waals surface area contributed by atoms with E-state index >= 15 is 0 Å². The monoisotopic (exact) mass is 323 g/mol. The van der Waals surface area contributed by atoms with E-state index < -0.39 is 0 Å². The summed E-state index contributed by atoms with van der Waals surface area (Å²) >= 11 is 0. The van der Waals surface area contributed by atoms with Crippen LogP contribution in [-0.4, -0.2) is 17.1 Å². The fourth-order valence-electron chi connectivity index (χ4n) is 2.31. The first kappa shape index (κ1) is 14.1. The van der Waals surface area contributed by atoms with Gasteiger partial charge in [0.15, 0.2) is 23.7 Å². The second-order valence-corrected chi connectivity index (χ2v) is 4.91. The molecule has 3 heterocycles. The molecule has 0 aliphatic heterocycles. The van der Waals surface area contributed by atoms with E-state index in [-0.39, 0.29) is 0 Å². The number of benzene rings is 1. The molecule has 0 spiro atoms. The zero-order chi connectivity index (χ0) is 16.4. The van der Waals surface area contributed by atoms with E-state index in [1.807, 2.05) is 18.2 Å². The quantitative estimate of drug-likeness (QED) is 0.584. The van der Waals surface area contributed by atoms with Gasteiger partial charge in [-0.3, -0.25) is 0 Å². The van der Waals surface area contributed by atoms with Gasteiger partial charge in [-0.1, -0.05) is 0 Å². The van der Waals surface area contributed by atoms with Gasteiger partial charge in [-0.05, 0) is 24.3 Å². The molecule has 3 aromatic heterocycles. The van der Waals surface area contributed by atoms with Crippen LogP contribution in [0, 0.1) is 0 Å². The van der Waals surface area contributed by atoms with Crippen molar-refractivity contribution in [1.82, 2.24) is 9.97 Å². The van der Waals surface area contributed by atoms with E-state index in [1.165, 1.54) is 6.39 Å². The van der Waals surface area contributed by atoms with Crippen molar-refractivity contribution >= 4 is 11.7 Å². The van der Waals surface area contributed by atoms with Crippen LogP contribution in [0.2, 0.25) is 0 Å². The maximum Gasteiger partial charge on any atom is 0.299 e. The minimum atomic E-state index is 0.357. The molecule has 1 aromatic carbocycles. The van der Waals surface area contributed by atoms with Crippen LogP contribution < -0.4 is 10.1 Å². The lowest BCUT2D eigenvalue weighted by Crippen LogP contribution is -1.93. The summed E-state index contributed by atoms with van der Waals surface area (Å²) in [5, 5.41) is 3.09. The summed E-state index contributed by atoms with van der Waals surface area (Å²) in [4.78, 5) is 8.11. The Bertz CT molecular complexity index is 927. The highest BCUT2D eigenvalue weighted by Crippen LogP contribution is 2.33. The predicted octanol–water partition coefficient (Wildman–Crippen LogP) is 4.34. The molecule has 4 rings (SSSR count). The zero-order valence-electron chi connectivity index (χ0n) is 12.7. The van der Waals surface area contributed by atoms with E-state index in [0.29, 0.717) is 29.0 Å². The molecule has 0 radical (unpaired) electrons. The van der Waals surface area contributed by atoms with Crippen LogP contribution in [0.1, 0.15) is 0 Å². The second-order valence-electron chi connectivity index (χ2n) is 4.91. The Balaban J connectivity index is 1.59. The Hall–Kier alpha value is -3.48. The van der Waals surface area contributed by atoms with Gasteiger partial charge >= 0.3 is 0 Å². The Morgan fingerprint density at radius 1 is 1.04 bits per heavy atom. The van der Waals surface area contributed by atoms with Crippen molar-refractivity contribution in [2.75, 3.05) is 12.4 Å². The van der Waals surface area contributed by atoms with Gasteiger partial charge in [0.1, 0.15) is 5.75 Å². The van der Waals surface area contributed by atoms with Crippen LogP contribution in [0.5, 0.6) is 5.75 Å². The first-order chi connectivity index (χ1) is 11.8. The maximum absolute atomic E-state index is 5.62. The van der Waals surface area contributed by atoms with Crippen molar-refractivity contribution < 1.29 is 18.0 Å². The largest absolute Gasteiger partial charge is 0.496 e. The number of methoxy groups -OCH3 is 1. The number of furan rings is 1. The number of nitrogens with zero attached hydrogens (tertiary/aromatic N) is 2. The van der Waals surface area contributed by atoms with Crippen molar-refractivity contribution in [3.8, 4) is 28.6 Å². The Morgan fingerprint density at radius 2 is 2.00 bits per heavy atom. The third-order valence-electron chi connectivity index (χ3n) is 3.42. The maximum atomic E-state index is 5.62. The van der Waals surface area contributed by atoms with E-state index in [0.717, 1.165) is 11.3 Å². The summed E-state index contributed by atoms with van der Waals surface area (Å²) in [5.41, 5.74) is 1.58. The van der Waals surface area contributed by atoms with E-state index in [2.05, 4.69) is 15.3 Å². The molecule has 1 N–H and O–H groups in total. The molecule has 7 heteroatoms. The molecule has 0 atom stereocenters. The van der Waals surface area contributed by atoms with Crippen molar-refractivity contribution in [3.63, 3.8) is 0 Å². The lowest BCUT2D eigenvalue weighted by molar-refractivity contribution is 0.415. The van der Waals surface area contributed by atoms with Gasteiger partial charge in [0.2, 0.25) is 0 Å². The van der Waals surface area contributed by atoms with E-state index in [1.54, 1.807) is 37.9 Å². The van der Waals surface area contributed by atoms with E-state index in [9.17, 15) is 0 Å². The van der Waals surface area contributed by atoms with Crippen molar-refractivity contribution in [2.45, 2.75) is 0 Å². The van der Waals surface area contributed by atoms with Gasteiger partial charge in [0.25, 0.3) is 6.01 Å². The summed E-state index contributed by atoms with van der Waals surface area (Å²) in [5.74, 6) is 2.45. The average molecular weight is 323 g/mol. The Labute approximate surface area is 136 Å². The number of hydrogen-bond donors (Lipinski definition) is 1. The van der Waals surface area contributed by atoms with Gasteiger partial charge in [-0.25, -0.2) is 9.97 Å². The van der Waals surface area contributed by atoms with Gasteiger partial charge in [0, 0.05) is 11.8 Å². The minimum Gasteiger partial charge on any atom is -0.496 e. The van der Waals surface area contributed by atoms with Gasteiger partial charge < -0.3 is 23.3 Å². The second kappa shape index (κ2) is 5.96. The van der Waals surface area contributed by atoms with Crippen LogP contribution in [0.4, 0.5) is 11.7 Å². The lowest BCUT2D eigenvalue weighted by Gasteiger charge is -2.09. The van der Waals surface area contributed by atoms with Gasteiger partial charge in [-0.15, -0.1) is 0 Å². The molecule has 0 amide bonds. The number of rotatable bonds is 5. The van der Waals surface area contributed by atoms with Crippen LogP contribution in [-0.2, 0) is 0 Å². The topological polar surface area (TPSA) is 86.5 Å². The molecular weight excluding hydrogens is 310 g/mol. The van der Waals surface area contributed by atoms with E-state index in [4.69, 9.17) is 18.0 Å². The smallest absolute Gasteiger partial charge is 0.299 e. The number of anilines is 2. The molecule has 0 saturated heterocycles. The lowest BCUT2D eigenvalue weighted by atomic mass is 10.1. The van der Waals surface area contributed by atoms with Gasteiger partial charge in [-0.2, -0.15) is 0 Å². The molecular formula is C17H13N3O4. The first-order valence-corrected chi connectivity index (χ1v) is 7.17. The number of hydrogen-bond acceptors (Lipinski definition) is 7. The number of ether oxygens (including phenoxy) is 1. The Kier molecular flexibility index (Phi) is 3.51. The molecule has 4 aromatic rings. The van der Waals surface area contributed by atoms with Gasteiger partial charge in [0.05, 0.1) is 31.3 Å². The molecule has 24 heavy (non-hydrogen) atoms. The summed E-state index contributed by atoms with van der Waals surface area (Å²) in [6, 6.07) is 9.53. The van der Waals surface area contributed by atoms with Crippen LogP contribution >= 0.6 is 0 Å². The summed E-state index contributed by atoms with van der Waals surface area (Å²) in [7, 11) is 1.60. The molecule has 0 bridgehead atoms. The minimum absolute atomic E-state index is 0.357. The fourth-order valence-corrected chi connectivity index (χ4v) is 2.31. The standard InChI is InChI=1S/C17H13N3O4/c1-21-14-7-11(4-5-12(14)15-8-18-10-23-15)20-17-19-9-16(24-17)13-3-2-6-22-13/h2-10H,1H3,(H,19,20). The average Bonchev–Trinajstić information content (AvgIpc) is 3.36. The molecule has 0 aliphatic carbocycles. The SMILES string of the molecule is COc1cc(Nc2ncc(-c3ccco3)o2)ccc1-c1cnco1. The van der Waals surface area contributed by atoms with Crippen LogP contribution in [0.15, 0.2) is 68.6 Å². The van der Waals surface area contributed by atoms with Crippen molar-refractivity contribution in [2.24, 2.45) is 0 Å². The summed E-state index contributed by atoms with van der Waals surface area (Å²) in [6.45, 7) is 0. The molecule has 120 valence electrons. The third-order valence-corrected chi connectivity index (χ3v) is 3.42. The number of nitrogens with one attached hydrogen (secondary N) is 1. The zero-order valence-corrected chi connectivity index (χ0v) is 12.7. The molecule has 0 aliphatic rings. The first-order valence-electron chi connectivity index (χ1n) is 7.17. The van der Waals surface area contributed by atoms with Crippen LogP contribution in [0.3, 0.4) is 0 Å². The number of oxazole rings is 2. The van der Waals surface area contributed by atoms with Crippen molar-refractivity contribution in [1.29, 1.82) is 0 Å². The Morgan fingerprint density at radius 3 is 2.75 bits per heavy atom. The number of aromatic nitrogens is 2.